The van der Waals surface area contributed by atoms with Gasteiger partial charge in [-0.1, -0.05) is 12.1 Å². The van der Waals surface area contributed by atoms with Gasteiger partial charge in [-0.2, -0.15) is 0 Å². The monoisotopic (exact) mass is 412 g/mol. The molecule has 0 radical (unpaired) electrons. The molecule has 0 saturated carbocycles. The number of para-hydroxylation sites is 1. The summed E-state index contributed by atoms with van der Waals surface area (Å²) < 4.78 is 5.14. The molecule has 0 unspecified atom stereocenters. The van der Waals surface area contributed by atoms with Gasteiger partial charge in [-0.15, -0.1) is 0 Å². The number of carbonyl (C=O) groups excluding carboxylic acids is 1. The number of rotatable bonds is 6. The lowest BCUT2D eigenvalue weighted by molar-refractivity contribution is 0.0527. The van der Waals surface area contributed by atoms with Crippen molar-refractivity contribution in [1.82, 2.24) is 15.3 Å². The van der Waals surface area contributed by atoms with Crippen LogP contribution in [-0.2, 0) is 4.74 Å². The van der Waals surface area contributed by atoms with E-state index in [1.54, 1.807) is 25.1 Å². The number of ether oxygens (including phenoxy) is 1. The first-order valence-electron chi connectivity index (χ1n) is 10.3. The van der Waals surface area contributed by atoms with E-state index in [9.17, 15) is 4.79 Å². The van der Waals surface area contributed by atoms with E-state index in [2.05, 4.69) is 53.6 Å². The summed E-state index contributed by atoms with van der Waals surface area (Å²) in [5, 5.41) is 10.3. The van der Waals surface area contributed by atoms with Crippen molar-refractivity contribution >= 4 is 29.0 Å². The predicted octanol–water partition coefficient (Wildman–Crippen LogP) is 3.70. The predicted molar refractivity (Wildman–Crippen MR) is 120 cm³/mol. The normalized spacial score (nSPS) is 17.9. The summed E-state index contributed by atoms with van der Waals surface area (Å²) in [6.07, 6.45) is 3.34. The molecule has 5 N–H and O–H groups in total. The van der Waals surface area contributed by atoms with E-state index in [4.69, 9.17) is 10.5 Å². The highest BCUT2D eigenvalue weighted by Gasteiger charge is 2.38. The first-order valence-corrected chi connectivity index (χ1v) is 10.3. The number of anilines is 4. The number of esters is 1. The highest BCUT2D eigenvalue weighted by atomic mass is 16.5. The lowest BCUT2D eigenvalue weighted by atomic mass is 9.79. The van der Waals surface area contributed by atoms with Gasteiger partial charge in [-0.3, -0.25) is 0 Å². The van der Waals surface area contributed by atoms with Crippen molar-refractivity contribution in [3.8, 4) is 0 Å². The standard InChI is InChI=1S/C22H32N6O2/c1-6-30-20(29)15-9-7-8-10-16(15)27-19-17(23)18(24-13-25-19)26-14-11-21(2,3)28-22(4,5)12-14/h7-10,13-14,28H,6,11-12,23H2,1-5H3,(H2,24,25,26,27). The van der Waals surface area contributed by atoms with E-state index in [-0.39, 0.29) is 17.1 Å². The van der Waals surface area contributed by atoms with E-state index >= 15 is 0 Å². The van der Waals surface area contributed by atoms with Crippen LogP contribution in [0.4, 0.5) is 23.0 Å². The Hall–Kier alpha value is -2.87. The zero-order chi connectivity index (χ0) is 21.9. The van der Waals surface area contributed by atoms with Gasteiger partial charge in [0, 0.05) is 17.1 Å². The van der Waals surface area contributed by atoms with Crippen LogP contribution in [0.2, 0.25) is 0 Å². The maximum absolute atomic E-state index is 12.2. The minimum Gasteiger partial charge on any atom is -0.462 e. The minimum absolute atomic E-state index is 0.000861. The second kappa shape index (κ2) is 8.47. The number of hydrogen-bond donors (Lipinski definition) is 4. The SMILES string of the molecule is CCOC(=O)c1ccccc1Nc1ncnc(NC2CC(C)(C)NC(C)(C)C2)c1N. The largest absolute Gasteiger partial charge is 0.462 e. The molecule has 1 aliphatic heterocycles. The van der Waals surface area contributed by atoms with Gasteiger partial charge in [0.05, 0.1) is 17.9 Å². The maximum atomic E-state index is 12.2. The molecule has 8 heteroatoms. The average molecular weight is 413 g/mol. The van der Waals surface area contributed by atoms with Crippen LogP contribution in [0.25, 0.3) is 0 Å². The molecule has 2 aromatic rings. The molecule has 162 valence electrons. The Morgan fingerprint density at radius 1 is 1.17 bits per heavy atom. The first kappa shape index (κ1) is 21.8. The fourth-order valence-electron chi connectivity index (χ4n) is 4.33. The summed E-state index contributed by atoms with van der Waals surface area (Å²) in [4.78, 5) is 20.9. The molecular formula is C22H32N6O2. The van der Waals surface area contributed by atoms with Crippen molar-refractivity contribution in [1.29, 1.82) is 0 Å². The zero-order valence-corrected chi connectivity index (χ0v) is 18.4. The van der Waals surface area contributed by atoms with Crippen LogP contribution in [0, 0.1) is 0 Å². The molecule has 1 aromatic heterocycles. The minimum atomic E-state index is -0.397. The molecule has 8 nitrogen and oxygen atoms in total. The Balaban J connectivity index is 1.82. The molecule has 3 rings (SSSR count). The number of piperidine rings is 1. The Bertz CT molecular complexity index is 896. The van der Waals surface area contributed by atoms with E-state index in [0.717, 1.165) is 12.8 Å². The van der Waals surface area contributed by atoms with Crippen LogP contribution in [0.5, 0.6) is 0 Å². The van der Waals surface area contributed by atoms with Crippen molar-refractivity contribution < 1.29 is 9.53 Å². The highest BCUT2D eigenvalue weighted by Crippen LogP contribution is 2.33. The van der Waals surface area contributed by atoms with Crippen molar-refractivity contribution in [2.45, 2.75) is 64.6 Å². The Labute approximate surface area is 178 Å². The summed E-state index contributed by atoms with van der Waals surface area (Å²) >= 11 is 0. The summed E-state index contributed by atoms with van der Waals surface area (Å²) in [6.45, 7) is 10.9. The van der Waals surface area contributed by atoms with Crippen molar-refractivity contribution in [3.05, 3.63) is 36.2 Å². The lowest BCUT2D eigenvalue weighted by Crippen LogP contribution is -2.60. The molecule has 1 saturated heterocycles. The fourth-order valence-corrected chi connectivity index (χ4v) is 4.33. The Kier molecular flexibility index (Phi) is 6.17. The molecule has 0 atom stereocenters. The summed E-state index contributed by atoms with van der Waals surface area (Å²) in [5.41, 5.74) is 7.80. The molecule has 30 heavy (non-hydrogen) atoms. The number of aromatic nitrogens is 2. The number of nitrogens with zero attached hydrogens (tertiary/aromatic N) is 2. The maximum Gasteiger partial charge on any atom is 0.340 e. The highest BCUT2D eigenvalue weighted by molar-refractivity contribution is 5.97. The van der Waals surface area contributed by atoms with Gasteiger partial charge in [-0.25, -0.2) is 14.8 Å². The van der Waals surface area contributed by atoms with Crippen molar-refractivity contribution in [3.63, 3.8) is 0 Å². The summed E-state index contributed by atoms with van der Waals surface area (Å²) in [7, 11) is 0. The fraction of sp³-hybridized carbons (Fsp3) is 0.500. The molecule has 1 fully saturated rings. The van der Waals surface area contributed by atoms with Crippen LogP contribution < -0.4 is 21.7 Å². The van der Waals surface area contributed by atoms with E-state index in [0.29, 0.717) is 35.2 Å². The molecule has 0 spiro atoms. The second-order valence-electron chi connectivity index (χ2n) is 9.02. The number of benzene rings is 1. The van der Waals surface area contributed by atoms with E-state index in [1.807, 2.05) is 6.07 Å². The van der Waals surface area contributed by atoms with E-state index in [1.165, 1.54) is 6.33 Å². The molecule has 0 amide bonds. The lowest BCUT2D eigenvalue weighted by Gasteiger charge is -2.46. The smallest absolute Gasteiger partial charge is 0.340 e. The second-order valence-corrected chi connectivity index (χ2v) is 9.02. The van der Waals surface area contributed by atoms with Gasteiger partial charge in [0.1, 0.15) is 12.0 Å². The van der Waals surface area contributed by atoms with Gasteiger partial charge in [0.15, 0.2) is 11.6 Å². The molecule has 0 aliphatic carbocycles. The number of carbonyl (C=O) groups is 1. The first-order chi connectivity index (χ1) is 14.1. The number of nitrogens with one attached hydrogen (secondary N) is 3. The third-order valence-corrected chi connectivity index (χ3v) is 5.09. The third-order valence-electron chi connectivity index (χ3n) is 5.09. The van der Waals surface area contributed by atoms with Gasteiger partial charge in [0.2, 0.25) is 0 Å². The molecule has 1 aromatic carbocycles. The van der Waals surface area contributed by atoms with Gasteiger partial charge >= 0.3 is 5.97 Å². The van der Waals surface area contributed by atoms with Crippen molar-refractivity contribution in [2.75, 3.05) is 23.0 Å². The zero-order valence-electron chi connectivity index (χ0n) is 18.4. The van der Waals surface area contributed by atoms with Crippen LogP contribution >= 0.6 is 0 Å². The van der Waals surface area contributed by atoms with Crippen molar-refractivity contribution in [2.24, 2.45) is 0 Å². The number of hydrogen-bond acceptors (Lipinski definition) is 8. The average Bonchev–Trinajstić information content (AvgIpc) is 2.63. The molecular weight excluding hydrogens is 380 g/mol. The molecule has 0 bridgehead atoms. The van der Waals surface area contributed by atoms with Gasteiger partial charge in [-0.05, 0) is 59.6 Å². The Morgan fingerprint density at radius 2 is 1.80 bits per heavy atom. The van der Waals surface area contributed by atoms with E-state index < -0.39 is 5.97 Å². The van der Waals surface area contributed by atoms with Gasteiger partial charge in [0.25, 0.3) is 0 Å². The topological polar surface area (TPSA) is 114 Å². The number of nitrogens with two attached hydrogens (primary N) is 1. The number of nitrogen functional groups attached to an aromatic ring is 1. The third kappa shape index (κ3) is 5.18. The van der Waals surface area contributed by atoms with Gasteiger partial charge < -0.3 is 26.4 Å². The quantitative estimate of drug-likeness (QED) is 0.531. The summed E-state index contributed by atoms with van der Waals surface area (Å²) in [5.74, 6) is 0.627. The Morgan fingerprint density at radius 3 is 2.47 bits per heavy atom. The van der Waals surface area contributed by atoms with Crippen LogP contribution in [0.3, 0.4) is 0 Å². The van der Waals surface area contributed by atoms with Crippen LogP contribution in [0.1, 0.15) is 57.8 Å². The molecule has 2 heterocycles. The van der Waals surface area contributed by atoms with Crippen LogP contribution in [-0.4, -0.2) is 39.7 Å². The summed E-state index contributed by atoms with van der Waals surface area (Å²) in [6, 6.07) is 7.33. The van der Waals surface area contributed by atoms with Crippen LogP contribution in [0.15, 0.2) is 30.6 Å². The molecule has 1 aliphatic rings.